The van der Waals surface area contributed by atoms with Crippen molar-refractivity contribution < 1.29 is 9.13 Å². The summed E-state index contributed by atoms with van der Waals surface area (Å²) in [5, 5.41) is 5.26. The van der Waals surface area contributed by atoms with Crippen LogP contribution in [0, 0.1) is 19.7 Å². The quantitative estimate of drug-likeness (QED) is 0.360. The summed E-state index contributed by atoms with van der Waals surface area (Å²) >= 11 is 0. The van der Waals surface area contributed by atoms with Gasteiger partial charge in [0.05, 0.1) is 23.7 Å². The Bertz CT molecular complexity index is 1930. The number of rotatable bonds is 5. The number of hydrogen-bond donors (Lipinski definition) is 1. The maximum Gasteiger partial charge on any atom is 0.269 e. The Balaban J connectivity index is 1.62. The second-order valence-corrected chi connectivity index (χ2v) is 9.10. The number of fused-ring (bicyclic) bond motifs is 2. The molecule has 0 unspecified atom stereocenters. The lowest BCUT2D eigenvalue weighted by Gasteiger charge is -2.18. The average Bonchev–Trinajstić information content (AvgIpc) is 3.29. The van der Waals surface area contributed by atoms with E-state index in [1.807, 2.05) is 38.1 Å². The van der Waals surface area contributed by atoms with Gasteiger partial charge in [-0.05, 0) is 43.2 Å². The van der Waals surface area contributed by atoms with Crippen molar-refractivity contribution in [1.29, 1.82) is 0 Å². The molecular weight excluding hydrogens is 499 g/mol. The molecular formula is C28H23FN8O2. The number of nitrogens with two attached hydrogens (primary N) is 1. The van der Waals surface area contributed by atoms with Crippen molar-refractivity contribution >= 4 is 27.8 Å². The predicted octanol–water partition coefficient (Wildman–Crippen LogP) is 3.98. The Hall–Kier alpha value is -5.19. The summed E-state index contributed by atoms with van der Waals surface area (Å²) in [5.74, 6) is 0.432. The van der Waals surface area contributed by atoms with E-state index in [0.717, 1.165) is 11.1 Å². The summed E-state index contributed by atoms with van der Waals surface area (Å²) in [4.78, 5) is 31.5. The fourth-order valence-electron chi connectivity index (χ4n) is 4.85. The minimum atomic E-state index is -0.629. The number of aryl methyl sites for hydroxylation is 2. The van der Waals surface area contributed by atoms with Crippen LogP contribution in [0.15, 0.2) is 65.8 Å². The molecule has 2 N–H and O–H groups in total. The van der Waals surface area contributed by atoms with Crippen LogP contribution >= 0.6 is 0 Å². The first-order valence-corrected chi connectivity index (χ1v) is 12.1. The summed E-state index contributed by atoms with van der Waals surface area (Å²) in [5.41, 5.74) is 10.0. The third-order valence-electron chi connectivity index (χ3n) is 6.65. The van der Waals surface area contributed by atoms with Gasteiger partial charge in [-0.3, -0.25) is 9.36 Å². The fourth-order valence-corrected chi connectivity index (χ4v) is 4.85. The van der Waals surface area contributed by atoms with Gasteiger partial charge in [-0.15, -0.1) is 0 Å². The van der Waals surface area contributed by atoms with Gasteiger partial charge in [-0.2, -0.15) is 5.10 Å². The molecule has 10 nitrogen and oxygen atoms in total. The van der Waals surface area contributed by atoms with Crippen LogP contribution in [-0.4, -0.2) is 41.4 Å². The number of para-hydroxylation sites is 1. The molecule has 39 heavy (non-hydrogen) atoms. The lowest BCUT2D eigenvalue weighted by molar-refractivity contribution is 0.398. The Morgan fingerprint density at radius 3 is 2.46 bits per heavy atom. The molecule has 0 spiro atoms. The van der Waals surface area contributed by atoms with Gasteiger partial charge in [0, 0.05) is 17.8 Å². The third-order valence-corrected chi connectivity index (χ3v) is 6.65. The van der Waals surface area contributed by atoms with Crippen molar-refractivity contribution in [2.45, 2.75) is 20.4 Å². The van der Waals surface area contributed by atoms with E-state index >= 15 is 0 Å². The molecule has 0 amide bonds. The number of nitrogen functional groups attached to an aromatic ring is 1. The Labute approximate surface area is 221 Å². The molecule has 0 saturated heterocycles. The van der Waals surface area contributed by atoms with E-state index in [0.29, 0.717) is 39.7 Å². The summed E-state index contributed by atoms with van der Waals surface area (Å²) in [6.45, 7) is 3.85. The Kier molecular flexibility index (Phi) is 5.75. The number of pyridine rings is 1. The summed E-state index contributed by atoms with van der Waals surface area (Å²) < 4.78 is 23.1. The lowest BCUT2D eigenvalue weighted by Crippen LogP contribution is -2.27. The molecule has 0 bridgehead atoms. The molecule has 0 aliphatic heterocycles. The number of aromatic nitrogens is 7. The first-order chi connectivity index (χ1) is 18.9. The summed E-state index contributed by atoms with van der Waals surface area (Å²) in [7, 11) is 1.54. The molecule has 0 fully saturated rings. The van der Waals surface area contributed by atoms with Gasteiger partial charge in [0.2, 0.25) is 5.88 Å². The topological polar surface area (TPSA) is 127 Å². The minimum Gasteiger partial charge on any atom is -0.481 e. The number of nitrogens with zero attached hydrogens (tertiary/aromatic N) is 7. The Morgan fingerprint density at radius 1 is 0.974 bits per heavy atom. The number of hydrogen-bond acceptors (Lipinski definition) is 8. The number of halogens is 1. The standard InChI is InChI=1S/C28H23FN8O2/c1-15-6-4-7-16(2)25(15)37-20(34-19-9-5-8-18(29)22(19)28(37)38)13-36-27-23(26(30)32-14-33-27)24(35-36)17-10-11-21(39-3)31-12-17/h4-12,14H,13H2,1-3H3,(H2,30,32,33). The van der Waals surface area contributed by atoms with Crippen LogP contribution in [0.3, 0.4) is 0 Å². The molecule has 6 rings (SSSR count). The smallest absolute Gasteiger partial charge is 0.269 e. The van der Waals surface area contributed by atoms with Gasteiger partial charge in [-0.1, -0.05) is 24.3 Å². The third kappa shape index (κ3) is 3.95. The van der Waals surface area contributed by atoms with E-state index in [4.69, 9.17) is 20.6 Å². The van der Waals surface area contributed by atoms with Crippen molar-refractivity contribution in [3.8, 4) is 22.8 Å². The van der Waals surface area contributed by atoms with E-state index in [1.54, 1.807) is 23.0 Å². The van der Waals surface area contributed by atoms with E-state index in [-0.39, 0.29) is 23.3 Å². The molecule has 0 atom stereocenters. The zero-order chi connectivity index (χ0) is 27.3. The monoisotopic (exact) mass is 522 g/mol. The summed E-state index contributed by atoms with van der Waals surface area (Å²) in [6, 6.07) is 13.6. The van der Waals surface area contributed by atoms with Crippen molar-refractivity contribution in [3.63, 3.8) is 0 Å². The van der Waals surface area contributed by atoms with Crippen LogP contribution in [0.25, 0.3) is 38.9 Å². The number of methoxy groups -OCH3 is 1. The van der Waals surface area contributed by atoms with Gasteiger partial charge >= 0.3 is 0 Å². The zero-order valence-corrected chi connectivity index (χ0v) is 21.4. The van der Waals surface area contributed by atoms with E-state index in [9.17, 15) is 9.18 Å². The maximum atomic E-state index is 14.9. The van der Waals surface area contributed by atoms with Gasteiger partial charge in [0.25, 0.3) is 5.56 Å². The number of benzene rings is 2. The zero-order valence-electron chi connectivity index (χ0n) is 21.4. The second-order valence-electron chi connectivity index (χ2n) is 9.10. The van der Waals surface area contributed by atoms with E-state index in [1.165, 1.54) is 30.1 Å². The van der Waals surface area contributed by atoms with Crippen LogP contribution in [0.4, 0.5) is 10.2 Å². The number of anilines is 1. The van der Waals surface area contributed by atoms with E-state index in [2.05, 4.69) is 15.0 Å². The van der Waals surface area contributed by atoms with Gasteiger partial charge in [-0.25, -0.2) is 29.0 Å². The molecule has 4 heterocycles. The molecule has 2 aromatic carbocycles. The molecule has 0 aliphatic rings. The molecule has 11 heteroatoms. The van der Waals surface area contributed by atoms with Gasteiger partial charge < -0.3 is 10.5 Å². The van der Waals surface area contributed by atoms with Crippen LogP contribution in [0.5, 0.6) is 5.88 Å². The van der Waals surface area contributed by atoms with Crippen molar-refractivity contribution in [2.75, 3.05) is 12.8 Å². The second kappa shape index (κ2) is 9.28. The molecule has 6 aromatic rings. The van der Waals surface area contributed by atoms with E-state index < -0.39 is 11.4 Å². The molecule has 4 aromatic heterocycles. The molecule has 0 saturated carbocycles. The predicted molar refractivity (Wildman–Crippen MR) is 145 cm³/mol. The highest BCUT2D eigenvalue weighted by atomic mass is 19.1. The Morgan fingerprint density at radius 2 is 1.74 bits per heavy atom. The largest absolute Gasteiger partial charge is 0.481 e. The normalized spacial score (nSPS) is 11.4. The van der Waals surface area contributed by atoms with Crippen molar-refractivity contribution in [1.82, 2.24) is 34.3 Å². The summed E-state index contributed by atoms with van der Waals surface area (Å²) in [6.07, 6.45) is 2.98. The van der Waals surface area contributed by atoms with Crippen molar-refractivity contribution in [3.05, 3.63) is 94.2 Å². The van der Waals surface area contributed by atoms with Gasteiger partial charge in [0.15, 0.2) is 5.65 Å². The molecule has 0 aliphatic carbocycles. The highest BCUT2D eigenvalue weighted by molar-refractivity contribution is 5.98. The first-order valence-electron chi connectivity index (χ1n) is 12.1. The van der Waals surface area contributed by atoms with Gasteiger partial charge in [0.1, 0.15) is 41.4 Å². The SMILES string of the molecule is COc1ccc(-c2nn(Cc3nc4cccc(F)c4c(=O)n3-c3c(C)cccc3C)c3ncnc(N)c23)cn1. The maximum absolute atomic E-state index is 14.9. The van der Waals surface area contributed by atoms with Crippen molar-refractivity contribution in [2.24, 2.45) is 0 Å². The van der Waals surface area contributed by atoms with Crippen LogP contribution < -0.4 is 16.0 Å². The highest BCUT2D eigenvalue weighted by Crippen LogP contribution is 2.31. The molecule has 0 radical (unpaired) electrons. The van der Waals surface area contributed by atoms with Crippen LogP contribution in [0.1, 0.15) is 17.0 Å². The van der Waals surface area contributed by atoms with Crippen LogP contribution in [-0.2, 0) is 6.54 Å². The fraction of sp³-hybridized carbons (Fsp3) is 0.143. The lowest BCUT2D eigenvalue weighted by atomic mass is 10.1. The molecule has 194 valence electrons. The number of ether oxygens (including phenoxy) is 1. The minimum absolute atomic E-state index is 0.0476. The highest BCUT2D eigenvalue weighted by Gasteiger charge is 2.22. The first kappa shape index (κ1) is 24.2. The van der Waals surface area contributed by atoms with Crippen LogP contribution in [0.2, 0.25) is 0 Å². The average molecular weight is 523 g/mol.